The number of fused-ring (bicyclic) bond motifs is 1. The number of carboxylic acids is 1. The summed E-state index contributed by atoms with van der Waals surface area (Å²) in [6, 6.07) is 12.0. The third kappa shape index (κ3) is 3.43. The molecule has 8 heteroatoms. The average molecular weight is 312 g/mol. The Morgan fingerprint density at radius 2 is 2.00 bits per heavy atom. The van der Waals surface area contributed by atoms with Gasteiger partial charge in [0.2, 0.25) is 0 Å². The highest BCUT2D eigenvalue weighted by Gasteiger charge is 2.11. The van der Waals surface area contributed by atoms with Crippen molar-refractivity contribution in [3.05, 3.63) is 59.8 Å². The maximum absolute atomic E-state index is 11.7. The number of rotatable bonds is 4. The van der Waals surface area contributed by atoms with Crippen LogP contribution in [-0.2, 0) is 11.3 Å². The minimum atomic E-state index is -1.06. The maximum atomic E-state index is 11.7. The van der Waals surface area contributed by atoms with Gasteiger partial charge in [-0.3, -0.25) is 5.32 Å². The van der Waals surface area contributed by atoms with E-state index in [9.17, 15) is 9.59 Å². The fourth-order valence-corrected chi connectivity index (χ4v) is 1.92. The van der Waals surface area contributed by atoms with Crippen LogP contribution in [0.25, 0.3) is 5.65 Å². The molecule has 0 unspecified atom stereocenters. The molecule has 0 atom stereocenters. The van der Waals surface area contributed by atoms with Crippen LogP contribution < -0.4 is 5.32 Å². The van der Waals surface area contributed by atoms with Gasteiger partial charge in [0.15, 0.2) is 5.65 Å². The van der Waals surface area contributed by atoms with Crippen molar-refractivity contribution >= 4 is 23.7 Å². The van der Waals surface area contributed by atoms with Crippen molar-refractivity contribution in [3.63, 3.8) is 0 Å². The number of anilines is 1. The van der Waals surface area contributed by atoms with Crippen LogP contribution in [0.2, 0.25) is 0 Å². The first-order valence-electron chi connectivity index (χ1n) is 6.69. The quantitative estimate of drug-likeness (QED) is 0.765. The zero-order valence-electron chi connectivity index (χ0n) is 11.8. The molecule has 0 saturated heterocycles. The summed E-state index contributed by atoms with van der Waals surface area (Å²) in [7, 11) is 0. The van der Waals surface area contributed by atoms with E-state index in [0.717, 1.165) is 5.56 Å². The van der Waals surface area contributed by atoms with Crippen LogP contribution in [0.4, 0.5) is 10.7 Å². The molecule has 116 valence electrons. The van der Waals surface area contributed by atoms with Gasteiger partial charge in [0, 0.05) is 6.20 Å². The summed E-state index contributed by atoms with van der Waals surface area (Å²) in [5, 5.41) is 15.3. The predicted octanol–water partition coefficient (Wildman–Crippen LogP) is 2.18. The number of ether oxygens (including phenoxy) is 1. The first-order valence-corrected chi connectivity index (χ1v) is 6.69. The maximum Gasteiger partial charge on any atom is 0.414 e. The minimum absolute atomic E-state index is 0.0330. The smallest absolute Gasteiger partial charge is 0.414 e. The molecule has 1 aromatic carbocycles. The Morgan fingerprint density at radius 1 is 1.22 bits per heavy atom. The molecule has 2 aromatic heterocycles. The first-order chi connectivity index (χ1) is 11.1. The summed E-state index contributed by atoms with van der Waals surface area (Å²) >= 11 is 0. The van der Waals surface area contributed by atoms with E-state index in [2.05, 4.69) is 15.4 Å². The Kier molecular flexibility index (Phi) is 3.88. The van der Waals surface area contributed by atoms with Crippen LogP contribution in [0.1, 0.15) is 15.9 Å². The molecule has 0 fully saturated rings. The number of nitrogens with zero attached hydrogens (tertiary/aromatic N) is 3. The highest BCUT2D eigenvalue weighted by Crippen LogP contribution is 2.09. The third-order valence-corrected chi connectivity index (χ3v) is 3.01. The lowest BCUT2D eigenvalue weighted by atomic mass is 10.2. The van der Waals surface area contributed by atoms with Gasteiger partial charge in [-0.25, -0.2) is 14.1 Å². The lowest BCUT2D eigenvalue weighted by Crippen LogP contribution is -2.14. The van der Waals surface area contributed by atoms with Crippen molar-refractivity contribution < 1.29 is 19.4 Å². The molecule has 0 aliphatic carbocycles. The van der Waals surface area contributed by atoms with Gasteiger partial charge < -0.3 is 9.84 Å². The van der Waals surface area contributed by atoms with E-state index in [0.29, 0.717) is 5.65 Å². The molecular formula is C15H12N4O4. The zero-order valence-corrected chi connectivity index (χ0v) is 11.8. The van der Waals surface area contributed by atoms with Crippen molar-refractivity contribution in [2.75, 3.05) is 5.32 Å². The van der Waals surface area contributed by atoms with Crippen LogP contribution in [0.3, 0.4) is 0 Å². The Balaban J connectivity index is 1.66. The second-order valence-electron chi connectivity index (χ2n) is 4.65. The zero-order chi connectivity index (χ0) is 16.2. The molecule has 0 spiro atoms. The fourth-order valence-electron chi connectivity index (χ4n) is 1.92. The average Bonchev–Trinajstić information content (AvgIpc) is 2.95. The van der Waals surface area contributed by atoms with E-state index < -0.39 is 12.1 Å². The van der Waals surface area contributed by atoms with Crippen LogP contribution in [0, 0.1) is 0 Å². The second kappa shape index (κ2) is 6.14. The summed E-state index contributed by atoms with van der Waals surface area (Å²) in [4.78, 5) is 26.7. The van der Waals surface area contributed by atoms with Gasteiger partial charge in [-0.1, -0.05) is 30.3 Å². The van der Waals surface area contributed by atoms with E-state index in [1.165, 1.54) is 22.8 Å². The Hall–Kier alpha value is -3.42. The summed E-state index contributed by atoms with van der Waals surface area (Å²) in [5.41, 5.74) is 1.25. The van der Waals surface area contributed by atoms with Crippen molar-refractivity contribution in [1.82, 2.24) is 14.6 Å². The number of benzene rings is 1. The molecule has 3 rings (SSSR count). The van der Waals surface area contributed by atoms with Gasteiger partial charge in [0.25, 0.3) is 5.95 Å². The minimum Gasteiger partial charge on any atom is -0.478 e. The van der Waals surface area contributed by atoms with E-state index in [4.69, 9.17) is 9.84 Å². The number of nitrogens with one attached hydrogen (secondary N) is 1. The number of aromatic carboxylic acids is 1. The third-order valence-electron chi connectivity index (χ3n) is 3.01. The van der Waals surface area contributed by atoms with Crippen molar-refractivity contribution in [2.45, 2.75) is 6.61 Å². The summed E-state index contributed by atoms with van der Waals surface area (Å²) in [6.07, 6.45) is 0.759. The predicted molar refractivity (Wildman–Crippen MR) is 80.2 cm³/mol. The van der Waals surface area contributed by atoms with Gasteiger partial charge in [-0.2, -0.15) is 4.98 Å². The number of hydrogen-bond donors (Lipinski definition) is 2. The summed E-state index contributed by atoms with van der Waals surface area (Å²) in [5.74, 6) is -1.03. The SMILES string of the molecule is O=C(Nc1nc2cc(C(=O)O)ccn2n1)OCc1ccccc1. The normalized spacial score (nSPS) is 10.4. The lowest BCUT2D eigenvalue weighted by molar-refractivity contribution is 0.0696. The van der Waals surface area contributed by atoms with Gasteiger partial charge in [-0.15, -0.1) is 5.10 Å². The Labute approximate surface area is 130 Å². The number of hydrogen-bond acceptors (Lipinski definition) is 5. The number of carbonyl (C=O) groups is 2. The van der Waals surface area contributed by atoms with E-state index in [-0.39, 0.29) is 18.1 Å². The standard InChI is InChI=1S/C15H12N4O4/c20-13(21)11-6-7-19-12(8-11)16-14(18-19)17-15(22)23-9-10-4-2-1-3-5-10/h1-8H,9H2,(H,20,21)(H,17,18,22). The van der Waals surface area contributed by atoms with Crippen LogP contribution in [-0.4, -0.2) is 31.8 Å². The van der Waals surface area contributed by atoms with Crippen LogP contribution >= 0.6 is 0 Å². The van der Waals surface area contributed by atoms with Crippen LogP contribution in [0.15, 0.2) is 48.7 Å². The van der Waals surface area contributed by atoms with Gasteiger partial charge in [0.1, 0.15) is 6.61 Å². The van der Waals surface area contributed by atoms with E-state index in [1.54, 1.807) is 0 Å². The van der Waals surface area contributed by atoms with Crippen molar-refractivity contribution in [2.24, 2.45) is 0 Å². The molecule has 0 bridgehead atoms. The summed E-state index contributed by atoms with van der Waals surface area (Å²) in [6.45, 7) is 0.128. The molecule has 8 nitrogen and oxygen atoms in total. The second-order valence-corrected chi connectivity index (χ2v) is 4.65. The van der Waals surface area contributed by atoms with E-state index >= 15 is 0 Å². The number of carbonyl (C=O) groups excluding carboxylic acids is 1. The molecule has 0 radical (unpaired) electrons. The number of pyridine rings is 1. The fraction of sp³-hybridized carbons (Fsp3) is 0.0667. The molecule has 23 heavy (non-hydrogen) atoms. The highest BCUT2D eigenvalue weighted by atomic mass is 16.5. The molecule has 1 amide bonds. The topological polar surface area (TPSA) is 106 Å². The first kappa shape index (κ1) is 14.5. The van der Waals surface area contributed by atoms with Crippen molar-refractivity contribution in [1.29, 1.82) is 0 Å². The molecule has 3 aromatic rings. The van der Waals surface area contributed by atoms with Gasteiger partial charge in [-0.05, 0) is 17.7 Å². The molecule has 0 saturated carbocycles. The van der Waals surface area contributed by atoms with Crippen LogP contribution in [0.5, 0.6) is 0 Å². The largest absolute Gasteiger partial charge is 0.478 e. The number of aromatic nitrogens is 3. The van der Waals surface area contributed by atoms with E-state index in [1.807, 2.05) is 30.3 Å². The van der Waals surface area contributed by atoms with Gasteiger partial charge >= 0.3 is 12.1 Å². The highest BCUT2D eigenvalue weighted by molar-refractivity contribution is 5.88. The Bertz CT molecular complexity index is 860. The lowest BCUT2D eigenvalue weighted by Gasteiger charge is -2.03. The number of carboxylic acid groups (broad SMARTS) is 1. The molecule has 0 aliphatic heterocycles. The molecule has 0 aliphatic rings. The van der Waals surface area contributed by atoms with Crippen molar-refractivity contribution in [3.8, 4) is 0 Å². The Morgan fingerprint density at radius 3 is 2.74 bits per heavy atom. The molecule has 2 N–H and O–H groups in total. The molecular weight excluding hydrogens is 300 g/mol. The van der Waals surface area contributed by atoms with Gasteiger partial charge in [0.05, 0.1) is 5.56 Å². The number of amides is 1. The summed E-state index contributed by atoms with van der Waals surface area (Å²) < 4.78 is 6.42. The monoisotopic (exact) mass is 312 g/mol. The molecule has 2 heterocycles.